The number of fused-ring (bicyclic) bond motifs is 12. The standard InChI is InChI=1S/C33H40N2O4/c1-24-13-15-25(16-14-24)8-7-11-28-23-34-31(32(36)27-9-3-2-4-10-27)22-26-17-19-29(20-18-26)39-21-6-5-12-30(28)33(37)35-38/h2-4,9-10,13-20,28,30-31,34,38H,5-8,11-12,21-23H2,1H3,(H,35,37)/t28-,30-,31-/m0/s1. The third-order valence-corrected chi connectivity index (χ3v) is 7.72. The Bertz CT molecular complexity index is 1180. The fourth-order valence-corrected chi connectivity index (χ4v) is 5.40. The molecule has 2 heterocycles. The van der Waals surface area contributed by atoms with Gasteiger partial charge in [0.15, 0.2) is 5.78 Å². The molecule has 0 spiro atoms. The molecule has 3 aromatic carbocycles. The lowest BCUT2D eigenvalue weighted by atomic mass is 9.82. The number of hydroxylamine groups is 1. The number of carbonyl (C=O) groups excluding carboxylic acids is 2. The summed E-state index contributed by atoms with van der Waals surface area (Å²) >= 11 is 0. The molecule has 0 radical (unpaired) electrons. The van der Waals surface area contributed by atoms with Crippen molar-refractivity contribution in [2.24, 2.45) is 11.8 Å². The van der Waals surface area contributed by atoms with Gasteiger partial charge in [0.2, 0.25) is 5.91 Å². The molecule has 0 aromatic heterocycles. The van der Waals surface area contributed by atoms with E-state index in [1.807, 2.05) is 60.1 Å². The summed E-state index contributed by atoms with van der Waals surface area (Å²) in [5, 5.41) is 13.1. The Labute approximate surface area is 231 Å². The fourth-order valence-electron chi connectivity index (χ4n) is 5.40. The number of hydrogen-bond donors (Lipinski definition) is 3. The van der Waals surface area contributed by atoms with E-state index in [4.69, 9.17) is 4.74 Å². The number of nitrogens with one attached hydrogen (secondary N) is 2. The van der Waals surface area contributed by atoms with Crippen LogP contribution in [-0.4, -0.2) is 36.1 Å². The van der Waals surface area contributed by atoms with Gasteiger partial charge < -0.3 is 10.1 Å². The van der Waals surface area contributed by atoms with Crippen LogP contribution in [0.1, 0.15) is 59.2 Å². The first-order chi connectivity index (χ1) is 19.0. The minimum absolute atomic E-state index is 0.0295. The quantitative estimate of drug-likeness (QED) is 0.208. The second-order valence-electron chi connectivity index (χ2n) is 10.6. The van der Waals surface area contributed by atoms with Gasteiger partial charge in [-0.05, 0) is 87.6 Å². The first kappa shape index (κ1) is 28.5. The average Bonchev–Trinajstić information content (AvgIpc) is 2.98. The van der Waals surface area contributed by atoms with Crippen molar-refractivity contribution in [2.75, 3.05) is 13.2 Å². The highest BCUT2D eigenvalue weighted by Gasteiger charge is 2.30. The Morgan fingerprint density at radius 1 is 0.974 bits per heavy atom. The normalized spacial score (nSPS) is 20.3. The lowest BCUT2D eigenvalue weighted by molar-refractivity contribution is -0.135. The molecule has 3 aromatic rings. The summed E-state index contributed by atoms with van der Waals surface area (Å²) in [5.74, 6) is 0.0568. The first-order valence-corrected chi connectivity index (χ1v) is 14.1. The zero-order valence-electron chi connectivity index (χ0n) is 22.8. The van der Waals surface area contributed by atoms with Crippen molar-refractivity contribution in [3.8, 4) is 5.75 Å². The van der Waals surface area contributed by atoms with Crippen molar-refractivity contribution in [3.63, 3.8) is 0 Å². The number of Topliss-reactive ketones (excluding diaryl/α,β-unsaturated/α-hetero) is 1. The topological polar surface area (TPSA) is 87.7 Å². The van der Waals surface area contributed by atoms with Gasteiger partial charge in [-0.3, -0.25) is 14.8 Å². The number of ether oxygens (including phenoxy) is 1. The predicted molar refractivity (Wildman–Crippen MR) is 153 cm³/mol. The Kier molecular flexibility index (Phi) is 10.7. The van der Waals surface area contributed by atoms with Crippen LogP contribution in [0.4, 0.5) is 0 Å². The van der Waals surface area contributed by atoms with Crippen LogP contribution in [0.3, 0.4) is 0 Å². The number of carbonyl (C=O) groups is 2. The summed E-state index contributed by atoms with van der Waals surface area (Å²) < 4.78 is 5.92. The van der Waals surface area contributed by atoms with Crippen LogP contribution >= 0.6 is 0 Å². The van der Waals surface area contributed by atoms with Gasteiger partial charge in [0, 0.05) is 11.5 Å². The van der Waals surface area contributed by atoms with E-state index in [0.29, 0.717) is 31.6 Å². The maximum absolute atomic E-state index is 13.6. The van der Waals surface area contributed by atoms with Gasteiger partial charge in [-0.1, -0.05) is 72.3 Å². The molecule has 3 N–H and O–H groups in total. The third-order valence-electron chi connectivity index (χ3n) is 7.72. The van der Waals surface area contributed by atoms with Crippen LogP contribution in [0, 0.1) is 18.8 Å². The SMILES string of the molecule is Cc1ccc(CCC[C@H]2CN[C@H](C(=O)c3ccccc3)Cc3ccc(cc3)OCCCC[C@@H]2C(=O)NO)cc1. The lowest BCUT2D eigenvalue weighted by Gasteiger charge is -2.28. The molecule has 3 atom stereocenters. The smallest absolute Gasteiger partial charge is 0.246 e. The Balaban J connectivity index is 1.56. The molecule has 2 aliphatic heterocycles. The highest BCUT2D eigenvalue weighted by molar-refractivity contribution is 6.00. The van der Waals surface area contributed by atoms with E-state index in [0.717, 1.165) is 43.4 Å². The van der Waals surface area contributed by atoms with Crippen molar-refractivity contribution < 1.29 is 19.5 Å². The van der Waals surface area contributed by atoms with Crippen molar-refractivity contribution in [3.05, 3.63) is 101 Å². The summed E-state index contributed by atoms with van der Waals surface area (Å²) in [6.45, 7) is 3.15. The van der Waals surface area contributed by atoms with Crippen LogP contribution < -0.4 is 15.5 Å². The van der Waals surface area contributed by atoms with Crippen molar-refractivity contribution in [1.82, 2.24) is 10.8 Å². The predicted octanol–water partition coefficient (Wildman–Crippen LogP) is 5.70. The molecule has 6 heteroatoms. The van der Waals surface area contributed by atoms with Gasteiger partial charge in [0.05, 0.1) is 12.6 Å². The van der Waals surface area contributed by atoms with Gasteiger partial charge >= 0.3 is 0 Å². The molecule has 1 amide bonds. The maximum atomic E-state index is 13.6. The average molecular weight is 529 g/mol. The van der Waals surface area contributed by atoms with Gasteiger partial charge in [0.1, 0.15) is 5.75 Å². The third kappa shape index (κ3) is 8.50. The van der Waals surface area contributed by atoms with E-state index in [1.54, 1.807) is 0 Å². The summed E-state index contributed by atoms with van der Waals surface area (Å²) in [6, 6.07) is 25.4. The number of hydrogen-bond acceptors (Lipinski definition) is 5. The Morgan fingerprint density at radius 3 is 2.44 bits per heavy atom. The monoisotopic (exact) mass is 528 g/mol. The lowest BCUT2D eigenvalue weighted by Crippen LogP contribution is -2.44. The first-order valence-electron chi connectivity index (χ1n) is 14.1. The molecule has 0 saturated heterocycles. The van der Waals surface area contributed by atoms with Crippen LogP contribution in [-0.2, 0) is 17.6 Å². The van der Waals surface area contributed by atoms with Crippen LogP contribution in [0.25, 0.3) is 0 Å². The van der Waals surface area contributed by atoms with E-state index >= 15 is 0 Å². The number of amides is 1. The van der Waals surface area contributed by atoms with E-state index in [9.17, 15) is 14.8 Å². The highest BCUT2D eigenvalue weighted by atomic mass is 16.5. The molecule has 0 aliphatic carbocycles. The molecule has 6 nitrogen and oxygen atoms in total. The van der Waals surface area contributed by atoms with Crippen molar-refractivity contribution >= 4 is 11.7 Å². The van der Waals surface area contributed by atoms with Crippen molar-refractivity contribution in [2.45, 2.75) is 57.9 Å². The highest BCUT2D eigenvalue weighted by Crippen LogP contribution is 2.26. The molecule has 0 saturated carbocycles. The minimum Gasteiger partial charge on any atom is -0.494 e. The van der Waals surface area contributed by atoms with Crippen LogP contribution in [0.2, 0.25) is 0 Å². The summed E-state index contributed by atoms with van der Waals surface area (Å²) in [4.78, 5) is 26.5. The van der Waals surface area contributed by atoms with E-state index in [2.05, 4.69) is 36.5 Å². The Hall–Kier alpha value is -3.48. The molecule has 0 unspecified atom stereocenters. The molecular weight excluding hydrogens is 488 g/mol. The molecule has 2 aliphatic rings. The molecule has 39 heavy (non-hydrogen) atoms. The second kappa shape index (κ2) is 14.6. The van der Waals surface area contributed by atoms with E-state index in [-0.39, 0.29) is 23.5 Å². The zero-order valence-corrected chi connectivity index (χ0v) is 22.8. The molecule has 5 rings (SSSR count). The van der Waals surface area contributed by atoms with E-state index in [1.165, 1.54) is 11.1 Å². The summed E-state index contributed by atoms with van der Waals surface area (Å²) in [5.41, 5.74) is 6.12. The van der Waals surface area contributed by atoms with E-state index < -0.39 is 6.04 Å². The summed E-state index contributed by atoms with van der Waals surface area (Å²) in [6.07, 6.45) is 5.41. The van der Waals surface area contributed by atoms with Gasteiger partial charge in [0.25, 0.3) is 0 Å². The largest absolute Gasteiger partial charge is 0.494 e. The van der Waals surface area contributed by atoms with Crippen molar-refractivity contribution in [1.29, 1.82) is 0 Å². The number of benzene rings is 3. The number of rotatable bonds is 7. The molecule has 0 fully saturated rings. The zero-order chi connectivity index (χ0) is 27.5. The second-order valence-corrected chi connectivity index (χ2v) is 10.6. The number of aryl methyl sites for hydroxylation is 2. The van der Waals surface area contributed by atoms with Gasteiger partial charge in [-0.25, -0.2) is 5.48 Å². The minimum atomic E-state index is -0.443. The number of ketones is 1. The van der Waals surface area contributed by atoms with Gasteiger partial charge in [-0.15, -0.1) is 0 Å². The maximum Gasteiger partial charge on any atom is 0.246 e. The van der Waals surface area contributed by atoms with Crippen LogP contribution in [0.15, 0.2) is 78.9 Å². The molecule has 2 bridgehead atoms. The van der Waals surface area contributed by atoms with Crippen LogP contribution in [0.5, 0.6) is 5.75 Å². The molecule has 206 valence electrons. The molecular formula is C33H40N2O4. The Morgan fingerprint density at radius 2 is 1.72 bits per heavy atom. The summed E-state index contributed by atoms with van der Waals surface area (Å²) in [7, 11) is 0. The van der Waals surface area contributed by atoms with Gasteiger partial charge in [-0.2, -0.15) is 0 Å². The fraction of sp³-hybridized carbons (Fsp3) is 0.394.